The molecular weight excluding hydrogens is 186 g/mol. The highest BCUT2D eigenvalue weighted by Crippen LogP contribution is 2.27. The van der Waals surface area contributed by atoms with E-state index in [1.807, 2.05) is 0 Å². The van der Waals surface area contributed by atoms with Gasteiger partial charge in [0.2, 0.25) is 0 Å². The normalized spacial score (nSPS) is 25.7. The van der Waals surface area contributed by atoms with Crippen LogP contribution in [0.1, 0.15) is 24.0 Å². The molecule has 2 atom stereocenters. The molecule has 0 saturated carbocycles. The molecule has 0 radical (unpaired) electrons. The Morgan fingerprint density at radius 1 is 1.27 bits per heavy atom. The highest BCUT2D eigenvalue weighted by atomic mass is 16.3. The Kier molecular flexibility index (Phi) is 3.39. The summed E-state index contributed by atoms with van der Waals surface area (Å²) in [6.45, 7) is 4.39. The summed E-state index contributed by atoms with van der Waals surface area (Å²) in [6, 6.07) is 8.81. The molecule has 0 amide bonds. The van der Waals surface area contributed by atoms with Gasteiger partial charge in [-0.15, -0.1) is 0 Å². The largest absolute Gasteiger partial charge is 0.396 e. The van der Waals surface area contributed by atoms with Crippen molar-refractivity contribution in [1.29, 1.82) is 0 Å². The summed E-state index contributed by atoms with van der Waals surface area (Å²) in [5, 5.41) is 12.6. The molecule has 1 heterocycles. The zero-order valence-electron chi connectivity index (χ0n) is 9.24. The molecule has 0 aromatic heterocycles. The Morgan fingerprint density at radius 3 is 2.60 bits per heavy atom. The van der Waals surface area contributed by atoms with Crippen LogP contribution in [0.25, 0.3) is 0 Å². The lowest BCUT2D eigenvalue weighted by Crippen LogP contribution is -2.14. The number of aliphatic hydroxyl groups is 1. The number of hydrogen-bond donors (Lipinski definition) is 2. The van der Waals surface area contributed by atoms with Gasteiger partial charge in [0.05, 0.1) is 0 Å². The van der Waals surface area contributed by atoms with E-state index in [9.17, 15) is 5.11 Å². The maximum absolute atomic E-state index is 9.26. The molecule has 2 N–H and O–H groups in total. The summed E-state index contributed by atoms with van der Waals surface area (Å²) in [4.78, 5) is 0. The lowest BCUT2D eigenvalue weighted by Gasteiger charge is -2.16. The van der Waals surface area contributed by atoms with E-state index >= 15 is 0 Å². The predicted molar refractivity (Wildman–Crippen MR) is 62.0 cm³/mol. The quantitative estimate of drug-likeness (QED) is 0.784. The van der Waals surface area contributed by atoms with Crippen LogP contribution in [0.15, 0.2) is 24.3 Å². The molecule has 1 aromatic rings. The van der Waals surface area contributed by atoms with Crippen LogP contribution in [0.2, 0.25) is 0 Å². The van der Waals surface area contributed by atoms with Gasteiger partial charge in [0.15, 0.2) is 0 Å². The van der Waals surface area contributed by atoms with Crippen molar-refractivity contribution >= 4 is 0 Å². The molecule has 0 spiro atoms. The molecule has 1 aliphatic rings. The summed E-state index contributed by atoms with van der Waals surface area (Å²) in [5.74, 6) is 0.874. The van der Waals surface area contributed by atoms with E-state index in [1.54, 1.807) is 0 Å². The van der Waals surface area contributed by atoms with Gasteiger partial charge in [-0.25, -0.2) is 0 Å². The minimum absolute atomic E-state index is 0.285. The van der Waals surface area contributed by atoms with Crippen LogP contribution >= 0.6 is 0 Å². The van der Waals surface area contributed by atoms with Crippen LogP contribution in [0.5, 0.6) is 0 Å². The van der Waals surface area contributed by atoms with Crippen molar-refractivity contribution in [1.82, 2.24) is 5.32 Å². The van der Waals surface area contributed by atoms with Crippen LogP contribution in [-0.2, 0) is 6.42 Å². The topological polar surface area (TPSA) is 32.3 Å². The molecule has 15 heavy (non-hydrogen) atoms. The fourth-order valence-electron chi connectivity index (χ4n) is 2.32. The lowest BCUT2D eigenvalue weighted by molar-refractivity contribution is 0.226. The average Bonchev–Trinajstić information content (AvgIpc) is 2.77. The second-order valence-corrected chi connectivity index (χ2v) is 4.30. The zero-order valence-corrected chi connectivity index (χ0v) is 9.24. The summed E-state index contributed by atoms with van der Waals surface area (Å²) >= 11 is 0. The Bertz CT molecular complexity index is 307. The first-order chi connectivity index (χ1) is 7.35. The summed E-state index contributed by atoms with van der Waals surface area (Å²) < 4.78 is 0. The molecule has 82 valence electrons. The smallest absolute Gasteiger partial charge is 0.0477 e. The molecule has 1 aliphatic heterocycles. The van der Waals surface area contributed by atoms with Gasteiger partial charge in [-0.05, 0) is 17.5 Å². The van der Waals surface area contributed by atoms with Crippen LogP contribution < -0.4 is 5.32 Å². The molecule has 1 fully saturated rings. The Balaban J connectivity index is 2.14. The molecule has 2 rings (SSSR count). The Hall–Kier alpha value is -0.860. The monoisotopic (exact) mass is 205 g/mol. The number of benzene rings is 1. The minimum atomic E-state index is 0.285. The maximum atomic E-state index is 9.26. The van der Waals surface area contributed by atoms with Crippen LogP contribution in [-0.4, -0.2) is 24.8 Å². The van der Waals surface area contributed by atoms with Gasteiger partial charge in [-0.2, -0.15) is 0 Å². The van der Waals surface area contributed by atoms with Crippen molar-refractivity contribution in [3.63, 3.8) is 0 Å². The van der Waals surface area contributed by atoms with Gasteiger partial charge in [0.25, 0.3) is 0 Å². The summed E-state index contributed by atoms with van der Waals surface area (Å²) in [7, 11) is 0. The molecule has 1 aromatic carbocycles. The zero-order chi connectivity index (χ0) is 10.7. The first kappa shape index (κ1) is 10.7. The van der Waals surface area contributed by atoms with Crippen molar-refractivity contribution in [2.75, 3.05) is 19.7 Å². The Morgan fingerprint density at radius 2 is 2.00 bits per heavy atom. The number of rotatable bonds is 3. The standard InChI is InChI=1S/C13H19NO/c1-2-10-3-5-11(6-4-10)13-8-14-7-12(13)9-15/h3-6,12-15H,2,7-9H2,1H3/t12-,13-/m0/s1. The van der Waals surface area contributed by atoms with Gasteiger partial charge in [0, 0.05) is 31.5 Å². The number of hydrogen-bond acceptors (Lipinski definition) is 2. The first-order valence-electron chi connectivity index (χ1n) is 5.75. The van der Waals surface area contributed by atoms with E-state index in [0.29, 0.717) is 11.8 Å². The van der Waals surface area contributed by atoms with E-state index in [1.165, 1.54) is 11.1 Å². The van der Waals surface area contributed by atoms with Crippen molar-refractivity contribution < 1.29 is 5.11 Å². The highest BCUT2D eigenvalue weighted by molar-refractivity contribution is 5.27. The van der Waals surface area contributed by atoms with Crippen molar-refractivity contribution in [2.45, 2.75) is 19.3 Å². The molecule has 0 unspecified atom stereocenters. The molecule has 2 heteroatoms. The first-order valence-corrected chi connectivity index (χ1v) is 5.75. The van der Waals surface area contributed by atoms with Crippen LogP contribution in [0.3, 0.4) is 0 Å². The van der Waals surface area contributed by atoms with Crippen molar-refractivity contribution in [3.05, 3.63) is 35.4 Å². The predicted octanol–water partition coefficient (Wildman–Crippen LogP) is 1.54. The van der Waals surface area contributed by atoms with E-state index < -0.39 is 0 Å². The fraction of sp³-hybridized carbons (Fsp3) is 0.538. The van der Waals surface area contributed by atoms with Gasteiger partial charge < -0.3 is 10.4 Å². The minimum Gasteiger partial charge on any atom is -0.396 e. The van der Waals surface area contributed by atoms with Crippen molar-refractivity contribution in [3.8, 4) is 0 Å². The molecule has 0 bridgehead atoms. The second kappa shape index (κ2) is 4.77. The lowest BCUT2D eigenvalue weighted by atomic mass is 9.89. The molecule has 1 saturated heterocycles. The van der Waals surface area contributed by atoms with Crippen LogP contribution in [0, 0.1) is 5.92 Å². The van der Waals surface area contributed by atoms with Gasteiger partial charge in [-0.1, -0.05) is 31.2 Å². The van der Waals surface area contributed by atoms with E-state index in [0.717, 1.165) is 19.5 Å². The average molecular weight is 205 g/mol. The van der Waals surface area contributed by atoms with Gasteiger partial charge in [-0.3, -0.25) is 0 Å². The third-order valence-corrected chi connectivity index (χ3v) is 3.39. The highest BCUT2D eigenvalue weighted by Gasteiger charge is 2.27. The van der Waals surface area contributed by atoms with Gasteiger partial charge in [0.1, 0.15) is 0 Å². The second-order valence-electron chi connectivity index (χ2n) is 4.30. The third-order valence-electron chi connectivity index (χ3n) is 3.39. The summed E-state index contributed by atoms with van der Waals surface area (Å²) in [5.41, 5.74) is 2.74. The number of aliphatic hydroxyl groups excluding tert-OH is 1. The summed E-state index contributed by atoms with van der Waals surface area (Å²) in [6.07, 6.45) is 1.09. The van der Waals surface area contributed by atoms with Crippen molar-refractivity contribution in [2.24, 2.45) is 5.92 Å². The maximum Gasteiger partial charge on any atom is 0.0477 e. The third kappa shape index (κ3) is 2.21. The fourth-order valence-corrected chi connectivity index (χ4v) is 2.32. The number of nitrogens with one attached hydrogen (secondary N) is 1. The molecular formula is C13H19NO. The number of aryl methyl sites for hydroxylation is 1. The molecule has 0 aliphatic carbocycles. The SMILES string of the molecule is CCc1ccc([C@@H]2CNC[C@H]2CO)cc1. The van der Waals surface area contributed by atoms with E-state index in [2.05, 4.69) is 36.5 Å². The van der Waals surface area contributed by atoms with E-state index in [-0.39, 0.29) is 6.61 Å². The Labute approximate surface area is 91.3 Å². The van der Waals surface area contributed by atoms with Crippen LogP contribution in [0.4, 0.5) is 0 Å². The van der Waals surface area contributed by atoms with E-state index in [4.69, 9.17) is 0 Å². The van der Waals surface area contributed by atoms with Gasteiger partial charge >= 0.3 is 0 Å². The molecule has 2 nitrogen and oxygen atoms in total.